The summed E-state index contributed by atoms with van der Waals surface area (Å²) in [7, 11) is 0. The highest BCUT2D eigenvalue weighted by Crippen LogP contribution is 2.31. The first kappa shape index (κ1) is 20.4. The van der Waals surface area contributed by atoms with Crippen molar-refractivity contribution in [2.24, 2.45) is 0 Å². The van der Waals surface area contributed by atoms with E-state index in [0.29, 0.717) is 35.8 Å². The lowest BCUT2D eigenvalue weighted by atomic mass is 10.2. The van der Waals surface area contributed by atoms with Gasteiger partial charge in [-0.1, -0.05) is 0 Å². The smallest absolute Gasteiger partial charge is 0.277 e. The molecule has 32 heavy (non-hydrogen) atoms. The van der Waals surface area contributed by atoms with E-state index in [4.69, 9.17) is 0 Å². The van der Waals surface area contributed by atoms with Crippen molar-refractivity contribution >= 4 is 17.0 Å². The van der Waals surface area contributed by atoms with E-state index in [2.05, 4.69) is 20.3 Å². The number of alkyl halides is 2. The molecule has 0 saturated carbocycles. The Morgan fingerprint density at radius 2 is 1.78 bits per heavy atom. The minimum absolute atomic E-state index is 0.0910. The average Bonchev–Trinajstić information content (AvgIpc) is 3.04. The molecule has 4 heterocycles. The number of pyridine rings is 2. The van der Waals surface area contributed by atoms with Crippen LogP contribution in [0.2, 0.25) is 0 Å². The second kappa shape index (κ2) is 7.86. The van der Waals surface area contributed by atoms with E-state index < -0.39 is 30.6 Å². The molecule has 164 valence electrons. The largest absolute Gasteiger partial charge is 0.349 e. The molecule has 0 unspecified atom stereocenters. The van der Waals surface area contributed by atoms with Crippen molar-refractivity contribution in [3.8, 4) is 17.1 Å². The zero-order chi connectivity index (χ0) is 22.3. The van der Waals surface area contributed by atoms with Gasteiger partial charge in [0.05, 0.1) is 24.3 Å². The molecule has 10 heteroatoms. The third-order valence-electron chi connectivity index (χ3n) is 5.27. The van der Waals surface area contributed by atoms with Crippen LogP contribution in [0.5, 0.6) is 0 Å². The lowest BCUT2D eigenvalue weighted by Crippen LogP contribution is -2.38. The highest BCUT2D eigenvalue weighted by atomic mass is 19.3. The summed E-state index contributed by atoms with van der Waals surface area (Å²) in [5.74, 6) is -3.79. The Balaban J connectivity index is 1.70. The molecule has 0 atom stereocenters. The summed E-state index contributed by atoms with van der Waals surface area (Å²) in [6.07, 6.45) is 3.13. The Morgan fingerprint density at radius 3 is 2.56 bits per heavy atom. The average molecular weight is 442 g/mol. The van der Waals surface area contributed by atoms with Gasteiger partial charge in [-0.3, -0.25) is 9.55 Å². The monoisotopic (exact) mass is 442 g/mol. The first-order chi connectivity index (χ1) is 15.4. The minimum Gasteiger partial charge on any atom is -0.349 e. The standard InChI is InChI=1S/C22H18F4N6/c23-14-1-2-16(17(24)11-14)20-29-18-3-4-19(31-10-9-28-12-22(25,26)13-31)30-21(18)32(20)15-5-7-27-8-6-15/h1-8,11,28H,9-10,12-13H2. The molecule has 0 bridgehead atoms. The molecular weight excluding hydrogens is 424 g/mol. The number of fused-ring (bicyclic) bond motifs is 1. The fourth-order valence-corrected chi connectivity index (χ4v) is 3.81. The molecule has 4 aromatic rings. The van der Waals surface area contributed by atoms with E-state index >= 15 is 0 Å². The Bertz CT molecular complexity index is 1270. The molecule has 0 aliphatic carbocycles. The molecule has 5 rings (SSSR count). The normalized spacial score (nSPS) is 16.3. The molecule has 0 spiro atoms. The molecular formula is C22H18F4N6. The van der Waals surface area contributed by atoms with Crippen LogP contribution in [0.15, 0.2) is 54.9 Å². The highest BCUT2D eigenvalue weighted by Gasteiger charge is 2.34. The van der Waals surface area contributed by atoms with Gasteiger partial charge in [0, 0.05) is 31.5 Å². The van der Waals surface area contributed by atoms with Gasteiger partial charge in [0.25, 0.3) is 5.92 Å². The SMILES string of the molecule is Fc1ccc(-c2nc3ccc(N4CCNCC(F)(F)C4)nc3n2-c2ccncc2)c(F)c1. The predicted octanol–water partition coefficient (Wildman–Crippen LogP) is 3.81. The van der Waals surface area contributed by atoms with Crippen molar-refractivity contribution in [1.29, 1.82) is 0 Å². The number of halogens is 4. The van der Waals surface area contributed by atoms with Crippen LogP contribution in [0.25, 0.3) is 28.2 Å². The van der Waals surface area contributed by atoms with Crippen molar-refractivity contribution in [2.45, 2.75) is 5.92 Å². The Kier molecular flexibility index (Phi) is 5.01. The third-order valence-corrected chi connectivity index (χ3v) is 5.27. The zero-order valence-electron chi connectivity index (χ0n) is 16.8. The molecule has 1 aromatic carbocycles. The highest BCUT2D eigenvalue weighted by molar-refractivity contribution is 5.81. The number of nitrogens with one attached hydrogen (secondary N) is 1. The van der Waals surface area contributed by atoms with Gasteiger partial charge in [-0.2, -0.15) is 0 Å². The van der Waals surface area contributed by atoms with Gasteiger partial charge in [0.15, 0.2) is 5.65 Å². The number of anilines is 1. The van der Waals surface area contributed by atoms with Crippen LogP contribution < -0.4 is 10.2 Å². The maximum atomic E-state index is 14.6. The first-order valence-corrected chi connectivity index (χ1v) is 10.0. The van der Waals surface area contributed by atoms with Crippen molar-refractivity contribution < 1.29 is 17.6 Å². The summed E-state index contributed by atoms with van der Waals surface area (Å²) < 4.78 is 58.0. The number of benzene rings is 1. The fourth-order valence-electron chi connectivity index (χ4n) is 3.81. The number of hydrogen-bond donors (Lipinski definition) is 1. The zero-order valence-corrected chi connectivity index (χ0v) is 16.8. The molecule has 1 saturated heterocycles. The Hall–Kier alpha value is -3.53. The number of hydrogen-bond acceptors (Lipinski definition) is 5. The van der Waals surface area contributed by atoms with Gasteiger partial charge < -0.3 is 10.2 Å². The topological polar surface area (TPSA) is 58.9 Å². The van der Waals surface area contributed by atoms with Gasteiger partial charge in [-0.05, 0) is 36.4 Å². The molecule has 1 aliphatic rings. The quantitative estimate of drug-likeness (QED) is 0.489. The van der Waals surface area contributed by atoms with Crippen LogP contribution in [0, 0.1) is 11.6 Å². The second-order valence-corrected chi connectivity index (χ2v) is 7.57. The number of aromatic nitrogens is 4. The Labute approximate surface area is 180 Å². The number of nitrogens with zero attached hydrogens (tertiary/aromatic N) is 5. The molecule has 1 N–H and O–H groups in total. The summed E-state index contributed by atoms with van der Waals surface area (Å²) in [4.78, 5) is 14.7. The van der Waals surface area contributed by atoms with Crippen molar-refractivity contribution in [3.05, 3.63) is 66.5 Å². The summed E-state index contributed by atoms with van der Waals surface area (Å²) in [5, 5.41) is 2.73. The number of imidazole rings is 1. The fraction of sp³-hybridized carbons (Fsp3) is 0.227. The van der Waals surface area contributed by atoms with E-state index in [1.165, 1.54) is 11.0 Å². The van der Waals surface area contributed by atoms with E-state index in [-0.39, 0.29) is 11.4 Å². The first-order valence-electron chi connectivity index (χ1n) is 10.0. The predicted molar refractivity (Wildman–Crippen MR) is 112 cm³/mol. The summed E-state index contributed by atoms with van der Waals surface area (Å²) in [6.45, 7) is -0.113. The van der Waals surface area contributed by atoms with Crippen molar-refractivity contribution in [2.75, 3.05) is 31.1 Å². The summed E-state index contributed by atoms with van der Waals surface area (Å²) >= 11 is 0. The maximum Gasteiger partial charge on any atom is 0.277 e. The van der Waals surface area contributed by atoms with Gasteiger partial charge in [0.2, 0.25) is 0 Å². The van der Waals surface area contributed by atoms with E-state index in [1.807, 2.05) is 0 Å². The molecule has 1 aliphatic heterocycles. The lowest BCUT2D eigenvalue weighted by Gasteiger charge is -2.24. The summed E-state index contributed by atoms with van der Waals surface area (Å²) in [5.41, 5.74) is 1.51. The molecule has 3 aromatic heterocycles. The van der Waals surface area contributed by atoms with Crippen LogP contribution in [-0.2, 0) is 0 Å². The minimum atomic E-state index is -2.90. The van der Waals surface area contributed by atoms with Crippen LogP contribution in [0.4, 0.5) is 23.4 Å². The van der Waals surface area contributed by atoms with E-state index in [1.54, 1.807) is 41.2 Å². The number of rotatable bonds is 3. The van der Waals surface area contributed by atoms with E-state index in [0.717, 1.165) is 12.1 Å². The van der Waals surface area contributed by atoms with Gasteiger partial charge in [0.1, 0.15) is 28.8 Å². The van der Waals surface area contributed by atoms with Crippen LogP contribution in [0.3, 0.4) is 0 Å². The van der Waals surface area contributed by atoms with Gasteiger partial charge >= 0.3 is 0 Å². The maximum absolute atomic E-state index is 14.6. The summed E-state index contributed by atoms with van der Waals surface area (Å²) in [6, 6.07) is 9.94. The molecule has 0 amide bonds. The van der Waals surface area contributed by atoms with Gasteiger partial charge in [-0.25, -0.2) is 27.5 Å². The van der Waals surface area contributed by atoms with Crippen LogP contribution in [0.1, 0.15) is 0 Å². The molecule has 1 fully saturated rings. The van der Waals surface area contributed by atoms with Crippen LogP contribution in [-0.4, -0.2) is 51.6 Å². The van der Waals surface area contributed by atoms with E-state index in [9.17, 15) is 17.6 Å². The molecule has 0 radical (unpaired) electrons. The van der Waals surface area contributed by atoms with Crippen molar-refractivity contribution in [1.82, 2.24) is 24.8 Å². The third kappa shape index (κ3) is 3.77. The molecule has 6 nitrogen and oxygen atoms in total. The second-order valence-electron chi connectivity index (χ2n) is 7.57. The Morgan fingerprint density at radius 1 is 0.969 bits per heavy atom. The van der Waals surface area contributed by atoms with Crippen LogP contribution >= 0.6 is 0 Å². The van der Waals surface area contributed by atoms with Gasteiger partial charge in [-0.15, -0.1) is 0 Å². The lowest BCUT2D eigenvalue weighted by molar-refractivity contribution is 0.0156. The van der Waals surface area contributed by atoms with Crippen molar-refractivity contribution in [3.63, 3.8) is 0 Å².